The van der Waals surface area contributed by atoms with Gasteiger partial charge < -0.3 is 0 Å². The van der Waals surface area contributed by atoms with Crippen molar-refractivity contribution >= 4 is 0 Å². The van der Waals surface area contributed by atoms with Crippen molar-refractivity contribution in [1.82, 2.24) is 15.6 Å². The van der Waals surface area contributed by atoms with E-state index in [4.69, 9.17) is 5.84 Å². The summed E-state index contributed by atoms with van der Waals surface area (Å²) in [5, 5.41) is 7.51. The highest BCUT2D eigenvalue weighted by Crippen LogP contribution is 2.22. The molecule has 5 heteroatoms. The van der Waals surface area contributed by atoms with Gasteiger partial charge in [-0.25, -0.2) is 9.82 Å². The second kappa shape index (κ2) is 4.99. The molecule has 1 heterocycles. The normalized spacial score (nSPS) is 12.4. The number of hydrogen-bond acceptors (Lipinski definition) is 4. The molecule has 0 fully saturated rings. The van der Waals surface area contributed by atoms with Crippen molar-refractivity contribution in [1.29, 1.82) is 0 Å². The van der Waals surface area contributed by atoms with Crippen LogP contribution in [-0.4, -0.2) is 10.2 Å². The number of benzene rings is 1. The third-order valence-corrected chi connectivity index (χ3v) is 2.62. The van der Waals surface area contributed by atoms with Crippen molar-refractivity contribution < 1.29 is 4.39 Å². The lowest BCUT2D eigenvalue weighted by molar-refractivity contribution is 0.606. The van der Waals surface area contributed by atoms with Crippen LogP contribution in [0.1, 0.15) is 22.7 Å². The average Bonchev–Trinajstić information content (AvgIpc) is 2.36. The van der Waals surface area contributed by atoms with E-state index in [0.717, 1.165) is 11.1 Å². The van der Waals surface area contributed by atoms with Gasteiger partial charge in [0, 0.05) is 6.20 Å². The van der Waals surface area contributed by atoms with Crippen molar-refractivity contribution in [3.05, 3.63) is 59.2 Å². The molecule has 88 valence electrons. The fourth-order valence-corrected chi connectivity index (χ4v) is 1.70. The maximum absolute atomic E-state index is 13.2. The minimum Gasteiger partial charge on any atom is -0.271 e. The molecule has 2 aromatic rings. The molecule has 1 aromatic heterocycles. The summed E-state index contributed by atoms with van der Waals surface area (Å²) in [7, 11) is 0. The van der Waals surface area contributed by atoms with Gasteiger partial charge in [-0.15, -0.1) is 0 Å². The van der Waals surface area contributed by atoms with E-state index in [-0.39, 0.29) is 11.9 Å². The van der Waals surface area contributed by atoms with E-state index in [2.05, 4.69) is 15.6 Å². The smallest absolute Gasteiger partial charge is 0.126 e. The second-order valence-corrected chi connectivity index (χ2v) is 3.78. The molecular weight excluding hydrogens is 219 g/mol. The van der Waals surface area contributed by atoms with E-state index >= 15 is 0 Å². The van der Waals surface area contributed by atoms with Crippen LogP contribution in [0.4, 0.5) is 4.39 Å². The number of rotatable bonds is 3. The van der Waals surface area contributed by atoms with Gasteiger partial charge in [0.05, 0.1) is 12.2 Å². The highest BCUT2D eigenvalue weighted by atomic mass is 19.1. The molecule has 0 saturated carbocycles. The zero-order valence-corrected chi connectivity index (χ0v) is 9.39. The molecular formula is C12H13FN4. The van der Waals surface area contributed by atoms with Crippen LogP contribution >= 0.6 is 0 Å². The summed E-state index contributed by atoms with van der Waals surface area (Å²) in [5.74, 6) is 5.31. The Kier molecular flexibility index (Phi) is 3.41. The Morgan fingerprint density at radius 2 is 2.06 bits per heavy atom. The van der Waals surface area contributed by atoms with Crippen LogP contribution in [-0.2, 0) is 0 Å². The Morgan fingerprint density at radius 3 is 2.65 bits per heavy atom. The maximum atomic E-state index is 13.2. The van der Waals surface area contributed by atoms with E-state index < -0.39 is 0 Å². The van der Waals surface area contributed by atoms with Gasteiger partial charge in [0.25, 0.3) is 0 Å². The lowest BCUT2D eigenvalue weighted by atomic mass is 9.99. The number of aryl methyl sites for hydroxylation is 1. The predicted molar refractivity (Wildman–Crippen MR) is 62.3 cm³/mol. The molecule has 0 radical (unpaired) electrons. The second-order valence-electron chi connectivity index (χ2n) is 3.78. The SMILES string of the molecule is Cc1cc(C(NN)c2ccnnc2)ccc1F. The van der Waals surface area contributed by atoms with Crippen molar-refractivity contribution in [2.24, 2.45) is 5.84 Å². The Bertz CT molecular complexity index is 501. The minimum atomic E-state index is -0.225. The standard InChI is InChI=1S/C12H13FN4/c1-8-6-9(2-3-11(8)13)12(17-14)10-4-5-15-16-7-10/h2-7,12,17H,14H2,1H3. The van der Waals surface area contributed by atoms with Crippen LogP contribution in [0.3, 0.4) is 0 Å². The molecule has 3 N–H and O–H groups in total. The van der Waals surface area contributed by atoms with Gasteiger partial charge in [0.15, 0.2) is 0 Å². The summed E-state index contributed by atoms with van der Waals surface area (Å²) in [5.41, 5.74) is 5.05. The Balaban J connectivity index is 2.39. The quantitative estimate of drug-likeness (QED) is 0.621. The monoisotopic (exact) mass is 232 g/mol. The summed E-state index contributed by atoms with van der Waals surface area (Å²) in [4.78, 5) is 0. The van der Waals surface area contributed by atoms with Crippen LogP contribution in [0.25, 0.3) is 0 Å². The lowest BCUT2D eigenvalue weighted by Gasteiger charge is -2.16. The van der Waals surface area contributed by atoms with Crippen LogP contribution in [0.2, 0.25) is 0 Å². The van der Waals surface area contributed by atoms with Crippen molar-refractivity contribution in [3.63, 3.8) is 0 Å². The number of hydrogen-bond donors (Lipinski definition) is 2. The molecule has 0 amide bonds. The lowest BCUT2D eigenvalue weighted by Crippen LogP contribution is -2.29. The zero-order chi connectivity index (χ0) is 12.3. The molecule has 1 unspecified atom stereocenters. The van der Waals surface area contributed by atoms with Gasteiger partial charge in [-0.2, -0.15) is 10.2 Å². The van der Waals surface area contributed by atoms with Gasteiger partial charge in [0.1, 0.15) is 5.82 Å². The molecule has 4 nitrogen and oxygen atoms in total. The molecule has 17 heavy (non-hydrogen) atoms. The van der Waals surface area contributed by atoms with E-state index in [1.807, 2.05) is 6.07 Å². The summed E-state index contributed by atoms with van der Waals surface area (Å²) in [6, 6.07) is 6.50. The summed E-state index contributed by atoms with van der Waals surface area (Å²) in [6.45, 7) is 1.72. The van der Waals surface area contributed by atoms with Gasteiger partial charge in [-0.05, 0) is 35.7 Å². The molecule has 0 aliphatic heterocycles. The molecule has 1 aromatic carbocycles. The van der Waals surface area contributed by atoms with E-state index in [9.17, 15) is 4.39 Å². The third kappa shape index (κ3) is 2.46. The Labute approximate surface area is 98.7 Å². The van der Waals surface area contributed by atoms with Crippen LogP contribution in [0.5, 0.6) is 0 Å². The highest BCUT2D eigenvalue weighted by molar-refractivity contribution is 5.32. The molecule has 0 aliphatic rings. The molecule has 2 rings (SSSR count). The number of nitrogens with one attached hydrogen (secondary N) is 1. The Hall–Kier alpha value is -1.85. The molecule has 0 spiro atoms. The number of halogens is 1. The maximum Gasteiger partial charge on any atom is 0.126 e. The van der Waals surface area contributed by atoms with Crippen LogP contribution in [0, 0.1) is 12.7 Å². The zero-order valence-electron chi connectivity index (χ0n) is 9.39. The first kappa shape index (κ1) is 11.6. The summed E-state index contributed by atoms with van der Waals surface area (Å²) >= 11 is 0. The molecule has 0 saturated heterocycles. The van der Waals surface area contributed by atoms with Crippen molar-refractivity contribution in [3.8, 4) is 0 Å². The highest BCUT2D eigenvalue weighted by Gasteiger charge is 2.13. The van der Waals surface area contributed by atoms with Crippen LogP contribution in [0.15, 0.2) is 36.7 Å². The summed E-state index contributed by atoms with van der Waals surface area (Å²) < 4.78 is 13.2. The fourth-order valence-electron chi connectivity index (χ4n) is 1.70. The minimum absolute atomic E-state index is 0.218. The number of nitrogens with two attached hydrogens (primary N) is 1. The van der Waals surface area contributed by atoms with Gasteiger partial charge >= 0.3 is 0 Å². The first-order chi connectivity index (χ1) is 8.22. The largest absolute Gasteiger partial charge is 0.271 e. The fraction of sp³-hybridized carbons (Fsp3) is 0.167. The van der Waals surface area contributed by atoms with E-state index in [1.165, 1.54) is 6.07 Å². The molecule has 0 bridgehead atoms. The van der Waals surface area contributed by atoms with E-state index in [1.54, 1.807) is 31.5 Å². The average molecular weight is 232 g/mol. The number of aromatic nitrogens is 2. The van der Waals surface area contributed by atoms with Crippen molar-refractivity contribution in [2.75, 3.05) is 0 Å². The van der Waals surface area contributed by atoms with Gasteiger partial charge in [-0.3, -0.25) is 5.84 Å². The van der Waals surface area contributed by atoms with Crippen LogP contribution < -0.4 is 11.3 Å². The molecule has 0 aliphatic carbocycles. The Morgan fingerprint density at radius 1 is 1.24 bits per heavy atom. The summed E-state index contributed by atoms with van der Waals surface area (Å²) in [6.07, 6.45) is 3.22. The van der Waals surface area contributed by atoms with E-state index in [0.29, 0.717) is 5.56 Å². The topological polar surface area (TPSA) is 63.8 Å². The first-order valence-electron chi connectivity index (χ1n) is 5.21. The predicted octanol–water partition coefficient (Wildman–Crippen LogP) is 1.48. The number of nitrogens with zero attached hydrogens (tertiary/aromatic N) is 2. The third-order valence-electron chi connectivity index (χ3n) is 2.62. The van der Waals surface area contributed by atoms with Gasteiger partial charge in [0.2, 0.25) is 0 Å². The van der Waals surface area contributed by atoms with Gasteiger partial charge in [-0.1, -0.05) is 12.1 Å². The number of hydrazine groups is 1. The first-order valence-corrected chi connectivity index (χ1v) is 5.21. The van der Waals surface area contributed by atoms with Crippen molar-refractivity contribution in [2.45, 2.75) is 13.0 Å². The molecule has 1 atom stereocenters.